The highest BCUT2D eigenvalue weighted by Crippen LogP contribution is 2.00. The molecule has 1 aromatic heterocycles. The number of hydrogen-bond acceptors (Lipinski definition) is 1. The van der Waals surface area contributed by atoms with Crippen LogP contribution >= 0.6 is 12.6 Å². The zero-order chi connectivity index (χ0) is 10.2. The molecule has 3 heteroatoms. The van der Waals surface area contributed by atoms with Crippen molar-refractivity contribution in [2.45, 2.75) is 39.2 Å². The molecule has 0 aromatic carbocycles. The number of aromatic nitrogens is 1. The van der Waals surface area contributed by atoms with Crippen LogP contribution in [0.25, 0.3) is 0 Å². The normalized spacial score (nSPS) is 9.73. The van der Waals surface area contributed by atoms with E-state index in [0.717, 1.165) is 12.3 Å². The molecule has 15 heavy (non-hydrogen) atoms. The van der Waals surface area contributed by atoms with Gasteiger partial charge in [-0.05, 0) is 31.1 Å². The Morgan fingerprint density at radius 2 is 1.67 bits per heavy atom. The molecule has 0 fully saturated rings. The first kappa shape index (κ1) is 15.0. The molecule has 0 aliphatic rings. The number of halogens is 1. The van der Waals surface area contributed by atoms with Gasteiger partial charge in [-0.3, -0.25) is 0 Å². The topological polar surface area (TPSA) is 3.88 Å². The van der Waals surface area contributed by atoms with Crippen molar-refractivity contribution in [3.8, 4) is 0 Å². The molecule has 0 radical (unpaired) electrons. The Balaban J connectivity index is 0.00000196. The van der Waals surface area contributed by atoms with Crippen LogP contribution in [0.5, 0.6) is 0 Å². The fourth-order valence-corrected chi connectivity index (χ4v) is 1.66. The molecular formula is C12H20BrNS. The summed E-state index contributed by atoms with van der Waals surface area (Å²) in [5.74, 6) is 1.03. The second-order valence-electron chi connectivity index (χ2n) is 3.75. The van der Waals surface area contributed by atoms with Crippen LogP contribution in [0.15, 0.2) is 24.5 Å². The average Bonchev–Trinajstić information content (AvgIpc) is 2.21. The van der Waals surface area contributed by atoms with Crippen molar-refractivity contribution in [3.05, 3.63) is 30.1 Å². The van der Waals surface area contributed by atoms with Crippen molar-refractivity contribution < 1.29 is 21.5 Å². The van der Waals surface area contributed by atoms with E-state index in [1.807, 2.05) is 0 Å². The van der Waals surface area contributed by atoms with E-state index in [9.17, 15) is 0 Å². The Hall–Kier alpha value is -0.0200. The highest BCUT2D eigenvalue weighted by Gasteiger charge is 1.98. The van der Waals surface area contributed by atoms with Crippen LogP contribution in [0, 0.1) is 6.92 Å². The van der Waals surface area contributed by atoms with E-state index in [1.165, 1.54) is 31.2 Å². The number of unbranched alkanes of at least 4 members (excludes halogenated alkanes) is 3. The van der Waals surface area contributed by atoms with Gasteiger partial charge in [0.2, 0.25) is 0 Å². The zero-order valence-corrected chi connectivity index (χ0v) is 11.8. The quantitative estimate of drug-likeness (QED) is 0.419. The molecule has 0 amide bonds. The Morgan fingerprint density at radius 3 is 2.27 bits per heavy atom. The molecule has 0 saturated heterocycles. The number of thiol groups is 1. The molecule has 0 spiro atoms. The summed E-state index contributed by atoms with van der Waals surface area (Å²) in [5, 5.41) is 0. The molecular weight excluding hydrogens is 270 g/mol. The second-order valence-corrected chi connectivity index (χ2v) is 4.20. The molecule has 0 bridgehead atoms. The second kappa shape index (κ2) is 9.22. The number of pyridine rings is 1. The van der Waals surface area contributed by atoms with Crippen LogP contribution < -0.4 is 21.5 Å². The molecule has 0 atom stereocenters. The minimum atomic E-state index is 0. The van der Waals surface area contributed by atoms with E-state index in [2.05, 4.69) is 48.6 Å². The first-order valence-corrected chi connectivity index (χ1v) is 6.03. The summed E-state index contributed by atoms with van der Waals surface area (Å²) in [4.78, 5) is 0. The lowest BCUT2D eigenvalue weighted by Crippen LogP contribution is -3.00. The van der Waals surface area contributed by atoms with Crippen LogP contribution in [0.1, 0.15) is 31.2 Å². The van der Waals surface area contributed by atoms with Gasteiger partial charge in [0.1, 0.15) is 6.54 Å². The summed E-state index contributed by atoms with van der Waals surface area (Å²) in [6.07, 6.45) is 9.49. The molecule has 1 heterocycles. The van der Waals surface area contributed by atoms with Gasteiger partial charge in [0.05, 0.1) is 0 Å². The van der Waals surface area contributed by atoms with Crippen LogP contribution in [0.2, 0.25) is 0 Å². The minimum Gasteiger partial charge on any atom is -1.00 e. The SMILES string of the molecule is Cc1cc[n+](CCCCCCS)cc1.[Br-]. The molecule has 0 saturated carbocycles. The van der Waals surface area contributed by atoms with Crippen molar-refractivity contribution in [2.75, 3.05) is 5.75 Å². The lowest BCUT2D eigenvalue weighted by molar-refractivity contribution is -0.697. The van der Waals surface area contributed by atoms with Gasteiger partial charge in [0, 0.05) is 18.6 Å². The standard InChI is InChI=1S/C12H19NS.BrH/c1-12-6-9-13(10-7-12)8-4-2-3-5-11-14;/h6-7,9-10H,2-5,8,11H2,1H3;1H. The zero-order valence-electron chi connectivity index (χ0n) is 9.32. The fourth-order valence-electron chi connectivity index (χ4n) is 1.44. The van der Waals surface area contributed by atoms with Crippen molar-refractivity contribution in [2.24, 2.45) is 0 Å². The Morgan fingerprint density at radius 1 is 1.07 bits per heavy atom. The van der Waals surface area contributed by atoms with E-state index in [0.29, 0.717) is 0 Å². The largest absolute Gasteiger partial charge is 1.00 e. The Labute approximate surface area is 109 Å². The third-order valence-corrected chi connectivity index (χ3v) is 2.70. The van der Waals surface area contributed by atoms with E-state index in [1.54, 1.807) is 0 Å². The van der Waals surface area contributed by atoms with Gasteiger partial charge < -0.3 is 17.0 Å². The van der Waals surface area contributed by atoms with Gasteiger partial charge in [-0.25, -0.2) is 4.57 Å². The van der Waals surface area contributed by atoms with Gasteiger partial charge >= 0.3 is 0 Å². The first-order valence-electron chi connectivity index (χ1n) is 5.39. The number of rotatable bonds is 6. The van der Waals surface area contributed by atoms with Crippen molar-refractivity contribution in [1.29, 1.82) is 0 Å². The van der Waals surface area contributed by atoms with Gasteiger partial charge in [0.15, 0.2) is 12.4 Å². The third-order valence-electron chi connectivity index (χ3n) is 2.38. The predicted molar refractivity (Wildman–Crippen MR) is 63.7 cm³/mol. The van der Waals surface area contributed by atoms with Crippen LogP contribution in [-0.4, -0.2) is 5.75 Å². The van der Waals surface area contributed by atoms with Crippen molar-refractivity contribution >= 4 is 12.6 Å². The van der Waals surface area contributed by atoms with Crippen molar-refractivity contribution in [1.82, 2.24) is 0 Å². The number of aryl methyl sites for hydroxylation is 2. The van der Waals surface area contributed by atoms with E-state index < -0.39 is 0 Å². The van der Waals surface area contributed by atoms with Crippen LogP contribution in [-0.2, 0) is 6.54 Å². The van der Waals surface area contributed by atoms with E-state index >= 15 is 0 Å². The molecule has 1 rings (SSSR count). The molecule has 0 aliphatic heterocycles. The molecule has 1 aromatic rings. The Bertz CT molecular complexity index is 248. The number of hydrogen-bond donors (Lipinski definition) is 1. The minimum absolute atomic E-state index is 0. The smallest absolute Gasteiger partial charge is 0.169 e. The first-order chi connectivity index (χ1) is 6.83. The summed E-state index contributed by atoms with van der Waals surface area (Å²) in [6, 6.07) is 4.32. The van der Waals surface area contributed by atoms with E-state index in [4.69, 9.17) is 0 Å². The fraction of sp³-hybridized carbons (Fsp3) is 0.583. The van der Waals surface area contributed by atoms with Crippen LogP contribution in [0.3, 0.4) is 0 Å². The van der Waals surface area contributed by atoms with Gasteiger partial charge in [-0.15, -0.1) is 0 Å². The highest BCUT2D eigenvalue weighted by molar-refractivity contribution is 7.80. The van der Waals surface area contributed by atoms with Crippen molar-refractivity contribution in [3.63, 3.8) is 0 Å². The summed E-state index contributed by atoms with van der Waals surface area (Å²) in [6.45, 7) is 3.27. The lowest BCUT2D eigenvalue weighted by Gasteiger charge is -1.97. The maximum absolute atomic E-state index is 4.20. The van der Waals surface area contributed by atoms with Crippen LogP contribution in [0.4, 0.5) is 0 Å². The monoisotopic (exact) mass is 289 g/mol. The maximum Gasteiger partial charge on any atom is 0.169 e. The van der Waals surface area contributed by atoms with Gasteiger partial charge in [-0.2, -0.15) is 12.6 Å². The molecule has 0 unspecified atom stereocenters. The third kappa shape index (κ3) is 6.96. The van der Waals surface area contributed by atoms with E-state index in [-0.39, 0.29) is 17.0 Å². The summed E-state index contributed by atoms with van der Waals surface area (Å²) in [5.41, 5.74) is 1.33. The maximum atomic E-state index is 4.20. The molecule has 86 valence electrons. The Kier molecular flexibility index (Phi) is 9.21. The molecule has 0 N–H and O–H groups in total. The number of nitrogens with zero attached hydrogens (tertiary/aromatic N) is 1. The average molecular weight is 290 g/mol. The summed E-state index contributed by atoms with van der Waals surface area (Å²) >= 11 is 4.20. The highest BCUT2D eigenvalue weighted by atomic mass is 79.9. The molecule has 1 nitrogen and oxygen atoms in total. The van der Waals surface area contributed by atoms with Gasteiger partial charge in [0.25, 0.3) is 0 Å². The van der Waals surface area contributed by atoms with Gasteiger partial charge in [-0.1, -0.05) is 6.42 Å². The summed E-state index contributed by atoms with van der Waals surface area (Å²) < 4.78 is 2.26. The predicted octanol–water partition coefficient (Wildman–Crippen LogP) is -0.223. The lowest BCUT2D eigenvalue weighted by atomic mass is 10.2. The summed E-state index contributed by atoms with van der Waals surface area (Å²) in [7, 11) is 0. The molecule has 0 aliphatic carbocycles.